The predicted octanol–water partition coefficient (Wildman–Crippen LogP) is 5.42. The third kappa shape index (κ3) is 4.12. The minimum atomic E-state index is -0.169. The number of nitrogens with one attached hydrogen (secondary N) is 1. The molecule has 0 bridgehead atoms. The van der Waals surface area contributed by atoms with Gasteiger partial charge in [-0.15, -0.1) is 11.3 Å². The number of hydrogen-bond donors (Lipinski definition) is 1. The summed E-state index contributed by atoms with van der Waals surface area (Å²) in [7, 11) is 1.94. The first-order valence-electron chi connectivity index (χ1n) is 9.92. The maximum atomic E-state index is 12.7. The summed E-state index contributed by atoms with van der Waals surface area (Å²) in [5, 5.41) is 6.10. The number of aromatic nitrogens is 4. The standard InChI is InChI=1S/C23H19N5O2S2/c1-14-8-9-17(30-14)22-25-16(13-31-22)12-18(29)26-23-27-19(15-6-4-3-5-7-15)20(32-23)21-24-10-11-28(21)2/h3-11,13H,12H2,1-2H3,(H,26,27,29). The lowest BCUT2D eigenvalue weighted by Gasteiger charge is -2.02. The highest BCUT2D eigenvalue weighted by Crippen LogP contribution is 2.38. The summed E-state index contributed by atoms with van der Waals surface area (Å²) < 4.78 is 7.56. The van der Waals surface area contributed by atoms with Crippen LogP contribution in [-0.2, 0) is 18.3 Å². The Bertz CT molecular complexity index is 1380. The van der Waals surface area contributed by atoms with E-state index in [0.29, 0.717) is 16.6 Å². The number of nitrogens with zero attached hydrogens (tertiary/aromatic N) is 4. The Morgan fingerprint density at radius 1 is 1.16 bits per heavy atom. The van der Waals surface area contributed by atoms with E-state index in [-0.39, 0.29) is 12.3 Å². The number of hydrogen-bond acceptors (Lipinski definition) is 7. The van der Waals surface area contributed by atoms with Gasteiger partial charge in [-0.1, -0.05) is 41.7 Å². The predicted molar refractivity (Wildman–Crippen MR) is 127 cm³/mol. The topological polar surface area (TPSA) is 85.8 Å². The second-order valence-corrected chi connectivity index (χ2v) is 9.06. The van der Waals surface area contributed by atoms with Crippen LogP contribution in [0.15, 0.2) is 64.7 Å². The number of rotatable bonds is 6. The molecule has 1 amide bonds. The lowest BCUT2D eigenvalue weighted by molar-refractivity contribution is -0.115. The van der Waals surface area contributed by atoms with Crippen molar-refractivity contribution in [2.24, 2.45) is 7.05 Å². The molecule has 160 valence electrons. The van der Waals surface area contributed by atoms with E-state index in [1.165, 1.54) is 22.7 Å². The molecule has 0 fully saturated rings. The van der Waals surface area contributed by atoms with Gasteiger partial charge in [-0.25, -0.2) is 15.0 Å². The van der Waals surface area contributed by atoms with Crippen LogP contribution in [0.5, 0.6) is 0 Å². The summed E-state index contributed by atoms with van der Waals surface area (Å²) in [5.74, 6) is 2.18. The summed E-state index contributed by atoms with van der Waals surface area (Å²) in [6, 6.07) is 13.7. The SMILES string of the molecule is Cc1ccc(-c2nc(CC(=O)Nc3nc(-c4ccccc4)c(-c4nccn4C)s3)cs2)o1. The van der Waals surface area contributed by atoms with Gasteiger partial charge in [-0.3, -0.25) is 4.79 Å². The van der Waals surface area contributed by atoms with Crippen LogP contribution in [0.1, 0.15) is 11.5 Å². The number of imidazole rings is 1. The van der Waals surface area contributed by atoms with Crippen molar-refractivity contribution in [3.63, 3.8) is 0 Å². The molecule has 0 atom stereocenters. The second-order valence-electron chi connectivity index (χ2n) is 7.20. The van der Waals surface area contributed by atoms with Crippen LogP contribution in [0.2, 0.25) is 0 Å². The van der Waals surface area contributed by atoms with Gasteiger partial charge in [0.25, 0.3) is 0 Å². The molecule has 1 N–H and O–H groups in total. The minimum Gasteiger partial charge on any atom is -0.459 e. The van der Waals surface area contributed by atoms with Gasteiger partial charge >= 0.3 is 0 Å². The Hall–Kier alpha value is -3.56. The lowest BCUT2D eigenvalue weighted by Crippen LogP contribution is -2.14. The number of benzene rings is 1. The molecule has 5 rings (SSSR count). The molecule has 4 heterocycles. The fraction of sp³-hybridized carbons (Fsp3) is 0.130. The van der Waals surface area contributed by atoms with E-state index < -0.39 is 0 Å². The zero-order chi connectivity index (χ0) is 22.1. The van der Waals surface area contributed by atoms with E-state index in [2.05, 4.69) is 15.3 Å². The van der Waals surface area contributed by atoms with E-state index >= 15 is 0 Å². The molecule has 0 aliphatic carbocycles. The van der Waals surface area contributed by atoms with Crippen LogP contribution in [-0.4, -0.2) is 25.4 Å². The molecule has 0 aliphatic heterocycles. The van der Waals surface area contributed by atoms with Crippen LogP contribution in [0, 0.1) is 6.92 Å². The van der Waals surface area contributed by atoms with Crippen molar-refractivity contribution in [3.8, 4) is 32.7 Å². The number of carbonyl (C=O) groups is 1. The Balaban J connectivity index is 1.37. The van der Waals surface area contributed by atoms with Crippen LogP contribution >= 0.6 is 22.7 Å². The number of aryl methyl sites for hydroxylation is 2. The molecule has 4 aromatic heterocycles. The van der Waals surface area contributed by atoms with E-state index in [1.807, 2.05) is 72.6 Å². The van der Waals surface area contributed by atoms with Crippen molar-refractivity contribution in [1.29, 1.82) is 0 Å². The van der Waals surface area contributed by atoms with Gasteiger partial charge in [-0.2, -0.15) is 0 Å². The van der Waals surface area contributed by atoms with Crippen LogP contribution in [0.3, 0.4) is 0 Å². The van der Waals surface area contributed by atoms with Crippen molar-refractivity contribution in [2.45, 2.75) is 13.3 Å². The second kappa shape index (κ2) is 8.52. The van der Waals surface area contributed by atoms with Gasteiger partial charge in [0.15, 0.2) is 21.7 Å². The van der Waals surface area contributed by atoms with Gasteiger partial charge in [0.2, 0.25) is 5.91 Å². The van der Waals surface area contributed by atoms with Gasteiger partial charge < -0.3 is 14.3 Å². The summed E-state index contributed by atoms with van der Waals surface area (Å²) in [6.45, 7) is 1.89. The number of thiazole rings is 2. The van der Waals surface area contributed by atoms with E-state index in [1.54, 1.807) is 6.20 Å². The molecule has 0 spiro atoms. The van der Waals surface area contributed by atoms with Crippen molar-refractivity contribution < 1.29 is 9.21 Å². The first-order chi connectivity index (χ1) is 15.6. The first kappa shape index (κ1) is 20.3. The molecule has 1 aromatic carbocycles. The number of carbonyl (C=O) groups excluding carboxylic acids is 1. The highest BCUT2D eigenvalue weighted by atomic mass is 32.1. The average Bonchev–Trinajstić information content (AvgIpc) is 3.56. The molecule has 0 saturated heterocycles. The molecule has 7 nitrogen and oxygen atoms in total. The van der Waals surface area contributed by atoms with E-state index in [0.717, 1.165) is 32.7 Å². The summed E-state index contributed by atoms with van der Waals surface area (Å²) in [6.07, 6.45) is 3.80. The zero-order valence-electron chi connectivity index (χ0n) is 17.4. The highest BCUT2D eigenvalue weighted by molar-refractivity contribution is 7.19. The summed E-state index contributed by atoms with van der Waals surface area (Å²) >= 11 is 2.87. The molecule has 32 heavy (non-hydrogen) atoms. The Labute approximate surface area is 192 Å². The van der Waals surface area contributed by atoms with Gasteiger partial charge in [0, 0.05) is 30.4 Å². The van der Waals surface area contributed by atoms with Gasteiger partial charge in [0.1, 0.15) is 5.76 Å². The van der Waals surface area contributed by atoms with Crippen molar-refractivity contribution in [1.82, 2.24) is 19.5 Å². The van der Waals surface area contributed by atoms with Crippen molar-refractivity contribution >= 4 is 33.7 Å². The van der Waals surface area contributed by atoms with E-state index in [4.69, 9.17) is 9.40 Å². The summed E-state index contributed by atoms with van der Waals surface area (Å²) in [5.41, 5.74) is 2.46. The molecule has 0 saturated carbocycles. The fourth-order valence-corrected chi connectivity index (χ4v) is 5.10. The van der Waals surface area contributed by atoms with E-state index in [9.17, 15) is 4.79 Å². The number of amides is 1. The smallest absolute Gasteiger partial charge is 0.232 e. The number of furan rings is 1. The largest absolute Gasteiger partial charge is 0.459 e. The Morgan fingerprint density at radius 2 is 2.00 bits per heavy atom. The zero-order valence-corrected chi connectivity index (χ0v) is 19.0. The summed E-state index contributed by atoms with van der Waals surface area (Å²) in [4.78, 5) is 27.3. The highest BCUT2D eigenvalue weighted by Gasteiger charge is 2.19. The Kier molecular flexibility index (Phi) is 5.42. The minimum absolute atomic E-state index is 0.161. The van der Waals surface area contributed by atoms with Crippen LogP contribution in [0.25, 0.3) is 32.7 Å². The maximum Gasteiger partial charge on any atom is 0.232 e. The lowest BCUT2D eigenvalue weighted by atomic mass is 10.1. The number of anilines is 1. The molecular formula is C23H19N5O2S2. The first-order valence-corrected chi connectivity index (χ1v) is 11.6. The molecule has 9 heteroatoms. The molecule has 0 aliphatic rings. The molecule has 0 unspecified atom stereocenters. The monoisotopic (exact) mass is 461 g/mol. The molecular weight excluding hydrogens is 442 g/mol. The van der Waals surface area contributed by atoms with Gasteiger partial charge in [-0.05, 0) is 19.1 Å². The van der Waals surface area contributed by atoms with Gasteiger partial charge in [0.05, 0.1) is 22.7 Å². The van der Waals surface area contributed by atoms with Crippen LogP contribution in [0.4, 0.5) is 5.13 Å². The maximum absolute atomic E-state index is 12.7. The normalized spacial score (nSPS) is 11.1. The Morgan fingerprint density at radius 3 is 2.72 bits per heavy atom. The third-order valence-electron chi connectivity index (χ3n) is 4.79. The molecule has 0 radical (unpaired) electrons. The van der Waals surface area contributed by atoms with Crippen LogP contribution < -0.4 is 5.32 Å². The quantitative estimate of drug-likeness (QED) is 0.365. The molecule has 5 aromatic rings. The van der Waals surface area contributed by atoms with Crippen molar-refractivity contribution in [3.05, 3.63) is 71.7 Å². The fourth-order valence-electron chi connectivity index (χ4n) is 3.28. The average molecular weight is 462 g/mol. The van der Waals surface area contributed by atoms with Crippen molar-refractivity contribution in [2.75, 3.05) is 5.32 Å². The third-order valence-corrected chi connectivity index (χ3v) is 6.66.